The highest BCUT2D eigenvalue weighted by Crippen LogP contribution is 2.22. The van der Waals surface area contributed by atoms with E-state index >= 15 is 0 Å². The van der Waals surface area contributed by atoms with Gasteiger partial charge in [0.2, 0.25) is 0 Å². The van der Waals surface area contributed by atoms with Gasteiger partial charge in [-0.05, 0) is 31.2 Å². The number of para-hydroxylation sites is 1. The van der Waals surface area contributed by atoms with Gasteiger partial charge < -0.3 is 9.30 Å². The van der Waals surface area contributed by atoms with Crippen LogP contribution in [0.15, 0.2) is 41.4 Å². The molecule has 0 aliphatic carbocycles. The number of hydrogen-bond acceptors (Lipinski definition) is 4. The Labute approximate surface area is 146 Å². The molecule has 0 saturated heterocycles. The van der Waals surface area contributed by atoms with E-state index in [1.54, 1.807) is 12.1 Å². The quantitative estimate of drug-likeness (QED) is 0.635. The van der Waals surface area contributed by atoms with Crippen molar-refractivity contribution in [3.63, 3.8) is 0 Å². The van der Waals surface area contributed by atoms with Crippen LogP contribution in [0.25, 0.3) is 10.2 Å². The predicted molar refractivity (Wildman–Crippen MR) is 95.5 cm³/mol. The molecule has 3 rings (SSSR count). The van der Waals surface area contributed by atoms with E-state index < -0.39 is 0 Å². The lowest BCUT2D eigenvalue weighted by Crippen LogP contribution is -2.19. The minimum absolute atomic E-state index is 0.265. The number of rotatable bonds is 5. The van der Waals surface area contributed by atoms with Gasteiger partial charge in [0.25, 0.3) is 5.91 Å². The Morgan fingerprint density at radius 3 is 2.83 bits per heavy atom. The van der Waals surface area contributed by atoms with Crippen LogP contribution in [0.4, 0.5) is 0 Å². The lowest BCUT2D eigenvalue weighted by Gasteiger charge is -2.05. The molecule has 1 aromatic carbocycles. The van der Waals surface area contributed by atoms with Gasteiger partial charge in [0.1, 0.15) is 0 Å². The molecule has 2 heterocycles. The van der Waals surface area contributed by atoms with Gasteiger partial charge in [0, 0.05) is 13.2 Å². The molecule has 0 spiro atoms. The number of fused-ring (bicyclic) bond motifs is 1. The normalized spacial score (nSPS) is 12.2. The Morgan fingerprint density at radius 1 is 1.26 bits per heavy atom. The summed E-state index contributed by atoms with van der Waals surface area (Å²) in [5.41, 5.74) is 1.06. The van der Waals surface area contributed by atoms with Crippen molar-refractivity contribution in [1.29, 1.82) is 0 Å². The number of nitrogens with zero attached hydrogens (tertiary/aromatic N) is 2. The SMILES string of the molecule is CCOCCn1c(=NC(=O)c2ccc(Cl)s2)sc2ccccc21. The maximum absolute atomic E-state index is 12.3. The molecule has 3 aromatic rings. The van der Waals surface area contributed by atoms with Gasteiger partial charge >= 0.3 is 0 Å². The zero-order valence-electron chi connectivity index (χ0n) is 12.5. The van der Waals surface area contributed by atoms with Crippen LogP contribution >= 0.6 is 34.3 Å². The number of halogens is 1. The molecule has 0 bridgehead atoms. The first-order valence-electron chi connectivity index (χ1n) is 7.19. The lowest BCUT2D eigenvalue weighted by atomic mass is 10.3. The van der Waals surface area contributed by atoms with Crippen molar-refractivity contribution in [3.8, 4) is 0 Å². The Morgan fingerprint density at radius 2 is 2.09 bits per heavy atom. The van der Waals surface area contributed by atoms with Gasteiger partial charge in [0.05, 0.1) is 26.0 Å². The molecule has 23 heavy (non-hydrogen) atoms. The summed E-state index contributed by atoms with van der Waals surface area (Å²) in [6.07, 6.45) is 0. The van der Waals surface area contributed by atoms with Crippen LogP contribution in [-0.2, 0) is 11.3 Å². The molecule has 0 aliphatic heterocycles. The summed E-state index contributed by atoms with van der Waals surface area (Å²) in [7, 11) is 0. The average Bonchev–Trinajstić information content (AvgIpc) is 3.12. The molecule has 4 nitrogen and oxygen atoms in total. The van der Waals surface area contributed by atoms with Crippen LogP contribution in [0, 0.1) is 0 Å². The third-order valence-corrected chi connectivity index (χ3v) is 5.51. The first-order valence-corrected chi connectivity index (χ1v) is 9.20. The molecule has 0 unspecified atom stereocenters. The van der Waals surface area contributed by atoms with E-state index in [2.05, 4.69) is 4.99 Å². The summed E-state index contributed by atoms with van der Waals surface area (Å²) < 4.78 is 9.16. The number of amides is 1. The predicted octanol–water partition coefficient (Wildman–Crippen LogP) is 4.20. The molecule has 0 N–H and O–H groups in total. The molecule has 0 saturated carbocycles. The number of ether oxygens (including phenoxy) is 1. The summed E-state index contributed by atoms with van der Waals surface area (Å²) in [6.45, 7) is 3.88. The number of carbonyl (C=O) groups excluding carboxylic acids is 1. The van der Waals surface area contributed by atoms with Crippen LogP contribution in [0.5, 0.6) is 0 Å². The second-order valence-corrected chi connectivity index (χ2v) is 7.45. The fourth-order valence-electron chi connectivity index (χ4n) is 2.19. The average molecular weight is 367 g/mol. The summed E-state index contributed by atoms with van der Waals surface area (Å²) in [6, 6.07) is 11.4. The fraction of sp³-hybridized carbons (Fsp3) is 0.250. The van der Waals surface area contributed by atoms with Crippen LogP contribution in [0.1, 0.15) is 16.6 Å². The third kappa shape index (κ3) is 3.72. The summed E-state index contributed by atoms with van der Waals surface area (Å²) in [5.74, 6) is -0.265. The van der Waals surface area contributed by atoms with Gasteiger partial charge in [-0.2, -0.15) is 4.99 Å². The number of thiophene rings is 1. The van der Waals surface area contributed by atoms with Crippen LogP contribution in [-0.4, -0.2) is 23.7 Å². The standard InChI is InChI=1S/C16H15ClN2O2S2/c1-2-21-10-9-19-11-5-3-4-6-12(11)23-16(19)18-15(20)13-7-8-14(17)22-13/h3-8H,2,9-10H2,1H3. The van der Waals surface area contributed by atoms with E-state index in [0.29, 0.717) is 33.8 Å². The molecule has 0 atom stereocenters. The zero-order valence-corrected chi connectivity index (χ0v) is 14.9. The number of benzene rings is 1. The van der Waals surface area contributed by atoms with E-state index in [1.807, 2.05) is 35.8 Å². The molecule has 1 amide bonds. The Balaban J connectivity index is 2.02. The number of thiazole rings is 1. The maximum Gasteiger partial charge on any atom is 0.289 e. The molecular formula is C16H15ClN2O2S2. The van der Waals surface area contributed by atoms with Gasteiger partial charge in [-0.25, -0.2) is 0 Å². The molecule has 120 valence electrons. The highest BCUT2D eigenvalue weighted by molar-refractivity contribution is 7.18. The van der Waals surface area contributed by atoms with Gasteiger partial charge in [0.15, 0.2) is 4.80 Å². The summed E-state index contributed by atoms with van der Waals surface area (Å²) in [4.78, 5) is 17.9. The summed E-state index contributed by atoms with van der Waals surface area (Å²) >= 11 is 8.64. The number of aromatic nitrogens is 1. The molecule has 0 aliphatic rings. The second kappa shape index (κ2) is 7.40. The van der Waals surface area contributed by atoms with Crippen LogP contribution < -0.4 is 4.80 Å². The van der Waals surface area contributed by atoms with E-state index in [0.717, 1.165) is 10.2 Å². The minimum atomic E-state index is -0.265. The summed E-state index contributed by atoms with van der Waals surface area (Å²) in [5, 5.41) is 0. The van der Waals surface area contributed by atoms with Gasteiger partial charge in [-0.15, -0.1) is 11.3 Å². The number of carbonyl (C=O) groups is 1. The zero-order chi connectivity index (χ0) is 16.2. The van der Waals surface area contributed by atoms with Crippen molar-refractivity contribution in [2.45, 2.75) is 13.5 Å². The van der Waals surface area contributed by atoms with Crippen molar-refractivity contribution in [2.24, 2.45) is 4.99 Å². The molecule has 0 radical (unpaired) electrons. The molecule has 7 heteroatoms. The largest absolute Gasteiger partial charge is 0.380 e. The number of hydrogen-bond donors (Lipinski definition) is 0. The third-order valence-electron chi connectivity index (χ3n) is 3.23. The van der Waals surface area contributed by atoms with Crippen LogP contribution in [0.2, 0.25) is 4.34 Å². The van der Waals surface area contributed by atoms with E-state index in [4.69, 9.17) is 16.3 Å². The highest BCUT2D eigenvalue weighted by Gasteiger charge is 2.10. The topological polar surface area (TPSA) is 43.6 Å². The monoisotopic (exact) mass is 366 g/mol. The second-order valence-electron chi connectivity index (χ2n) is 4.72. The molecule has 2 aromatic heterocycles. The van der Waals surface area contributed by atoms with Gasteiger partial charge in [-0.3, -0.25) is 4.79 Å². The Hall–Kier alpha value is -1.47. The lowest BCUT2D eigenvalue weighted by molar-refractivity contribution is 0.100. The smallest absolute Gasteiger partial charge is 0.289 e. The van der Waals surface area contributed by atoms with Crippen molar-refractivity contribution in [1.82, 2.24) is 4.57 Å². The van der Waals surface area contributed by atoms with Crippen molar-refractivity contribution in [2.75, 3.05) is 13.2 Å². The Bertz CT molecular complexity index is 895. The van der Waals surface area contributed by atoms with Crippen LogP contribution in [0.3, 0.4) is 0 Å². The highest BCUT2D eigenvalue weighted by atomic mass is 35.5. The first-order chi connectivity index (χ1) is 11.2. The molecule has 0 fully saturated rings. The van der Waals surface area contributed by atoms with Crippen molar-refractivity contribution >= 4 is 50.4 Å². The van der Waals surface area contributed by atoms with E-state index in [1.165, 1.54) is 22.7 Å². The van der Waals surface area contributed by atoms with E-state index in [-0.39, 0.29) is 5.91 Å². The van der Waals surface area contributed by atoms with Crippen molar-refractivity contribution < 1.29 is 9.53 Å². The minimum Gasteiger partial charge on any atom is -0.380 e. The molecular weight excluding hydrogens is 352 g/mol. The first kappa shape index (κ1) is 16.4. The Kier molecular flexibility index (Phi) is 5.27. The maximum atomic E-state index is 12.3. The van der Waals surface area contributed by atoms with Crippen molar-refractivity contribution in [3.05, 3.63) is 50.4 Å². The van der Waals surface area contributed by atoms with E-state index in [9.17, 15) is 4.79 Å². The fourth-order valence-corrected chi connectivity index (χ4v) is 4.18. The van der Waals surface area contributed by atoms with Gasteiger partial charge in [-0.1, -0.05) is 35.1 Å².